The Balaban J connectivity index is 1.17. The number of rotatable bonds is 3. The van der Waals surface area contributed by atoms with Gasteiger partial charge in [0.05, 0.1) is 18.5 Å². The fourth-order valence-electron chi connectivity index (χ4n) is 4.36. The molecule has 0 unspecified atom stereocenters. The number of piperidine rings is 1. The zero-order valence-electron chi connectivity index (χ0n) is 14.0. The molecule has 1 aromatic carbocycles. The van der Waals surface area contributed by atoms with Crippen molar-refractivity contribution in [3.05, 3.63) is 46.8 Å². The minimum atomic E-state index is 0.713. The summed E-state index contributed by atoms with van der Waals surface area (Å²) in [6.07, 6.45) is 5.58. The monoisotopic (exact) mass is 324 g/mol. The summed E-state index contributed by atoms with van der Waals surface area (Å²) in [5.41, 5.74) is 5.45. The highest BCUT2D eigenvalue weighted by atomic mass is 16.5. The van der Waals surface area contributed by atoms with Gasteiger partial charge in [-0.3, -0.25) is 14.9 Å². The minimum absolute atomic E-state index is 0.713. The summed E-state index contributed by atoms with van der Waals surface area (Å²) < 4.78 is 5.70. The quantitative estimate of drug-likeness (QED) is 0.941. The van der Waals surface area contributed by atoms with Crippen LogP contribution in [0.1, 0.15) is 35.2 Å². The van der Waals surface area contributed by atoms with E-state index in [1.165, 1.54) is 48.3 Å². The van der Waals surface area contributed by atoms with Gasteiger partial charge in [0.1, 0.15) is 5.75 Å². The molecule has 0 radical (unpaired) electrons. The van der Waals surface area contributed by atoms with Crippen molar-refractivity contribution in [1.82, 2.24) is 20.0 Å². The van der Waals surface area contributed by atoms with E-state index in [1.54, 1.807) is 0 Å². The number of H-pyrrole nitrogens is 1. The lowest BCUT2D eigenvalue weighted by molar-refractivity contribution is 0.102. The number of fused-ring (bicyclic) bond motifs is 2. The molecule has 0 bridgehead atoms. The van der Waals surface area contributed by atoms with Crippen molar-refractivity contribution < 1.29 is 4.74 Å². The van der Waals surface area contributed by atoms with Crippen LogP contribution in [0.25, 0.3) is 0 Å². The molecular formula is C19H24N4O. The highest BCUT2D eigenvalue weighted by Crippen LogP contribution is 2.29. The van der Waals surface area contributed by atoms with Gasteiger partial charge in [0.25, 0.3) is 0 Å². The topological polar surface area (TPSA) is 44.4 Å². The molecule has 126 valence electrons. The summed E-state index contributed by atoms with van der Waals surface area (Å²) in [6, 6.07) is 7.48. The summed E-state index contributed by atoms with van der Waals surface area (Å²) in [5, 5.41) is 7.27. The molecule has 0 amide bonds. The number of ether oxygens (including phenoxy) is 1. The van der Waals surface area contributed by atoms with Crippen molar-refractivity contribution in [2.45, 2.75) is 44.9 Å². The van der Waals surface area contributed by atoms with Crippen LogP contribution in [0.4, 0.5) is 0 Å². The Morgan fingerprint density at radius 1 is 1.17 bits per heavy atom. The molecule has 1 fully saturated rings. The van der Waals surface area contributed by atoms with Gasteiger partial charge in [-0.25, -0.2) is 0 Å². The van der Waals surface area contributed by atoms with Crippen molar-refractivity contribution in [2.75, 3.05) is 19.7 Å². The molecule has 5 heteroatoms. The molecule has 3 aliphatic rings. The smallest absolute Gasteiger partial charge is 0.122 e. The van der Waals surface area contributed by atoms with Crippen molar-refractivity contribution in [2.24, 2.45) is 0 Å². The van der Waals surface area contributed by atoms with Crippen molar-refractivity contribution in [3.8, 4) is 5.75 Å². The van der Waals surface area contributed by atoms with Gasteiger partial charge < -0.3 is 4.74 Å². The normalized spacial score (nSPS) is 21.7. The van der Waals surface area contributed by atoms with Crippen LogP contribution in [0, 0.1) is 0 Å². The van der Waals surface area contributed by atoms with E-state index in [0.717, 1.165) is 38.4 Å². The highest BCUT2D eigenvalue weighted by molar-refractivity contribution is 5.40. The standard InChI is InChI=1S/C19H24N4O/c1-2-15-5-8-24-19(15)9-14(1)11-22-6-3-17(4-7-22)23-12-16-10-20-21-18(16)13-23/h1-2,9-10,17H,3-8,11-13H2,(H,20,21). The number of benzene rings is 1. The van der Waals surface area contributed by atoms with E-state index >= 15 is 0 Å². The van der Waals surface area contributed by atoms with Crippen LogP contribution in [-0.2, 0) is 26.1 Å². The number of nitrogens with zero attached hydrogens (tertiary/aromatic N) is 3. The van der Waals surface area contributed by atoms with E-state index < -0.39 is 0 Å². The molecule has 0 atom stereocenters. The Bertz CT molecular complexity index is 712. The molecule has 1 saturated heterocycles. The van der Waals surface area contributed by atoms with Crippen molar-refractivity contribution >= 4 is 0 Å². The first-order chi connectivity index (χ1) is 11.8. The van der Waals surface area contributed by atoms with Gasteiger partial charge in [0.15, 0.2) is 0 Å². The third-order valence-corrected chi connectivity index (χ3v) is 5.78. The lowest BCUT2D eigenvalue weighted by atomic mass is 10.0. The van der Waals surface area contributed by atoms with E-state index in [2.05, 4.69) is 38.2 Å². The van der Waals surface area contributed by atoms with Crippen LogP contribution >= 0.6 is 0 Å². The van der Waals surface area contributed by atoms with Crippen LogP contribution in [0.5, 0.6) is 5.75 Å². The number of aromatic amines is 1. The first kappa shape index (κ1) is 14.5. The van der Waals surface area contributed by atoms with E-state index in [4.69, 9.17) is 4.74 Å². The number of hydrogen-bond acceptors (Lipinski definition) is 4. The van der Waals surface area contributed by atoms with Gasteiger partial charge in [-0.05, 0) is 43.1 Å². The lowest BCUT2D eigenvalue weighted by Crippen LogP contribution is -2.42. The van der Waals surface area contributed by atoms with Crippen LogP contribution in [0.15, 0.2) is 24.4 Å². The fraction of sp³-hybridized carbons (Fsp3) is 0.526. The summed E-state index contributed by atoms with van der Waals surface area (Å²) in [5.74, 6) is 1.11. The number of hydrogen-bond donors (Lipinski definition) is 1. The number of aromatic nitrogens is 2. The summed E-state index contributed by atoms with van der Waals surface area (Å²) >= 11 is 0. The van der Waals surface area contributed by atoms with Gasteiger partial charge in [-0.2, -0.15) is 5.10 Å². The van der Waals surface area contributed by atoms with E-state index in [-0.39, 0.29) is 0 Å². The van der Waals surface area contributed by atoms with Crippen LogP contribution < -0.4 is 4.74 Å². The zero-order valence-corrected chi connectivity index (χ0v) is 14.0. The molecule has 2 aromatic rings. The molecule has 4 heterocycles. The number of likely N-dealkylation sites (tertiary alicyclic amines) is 1. The summed E-state index contributed by atoms with van der Waals surface area (Å²) in [7, 11) is 0. The Labute approximate surface area is 142 Å². The second kappa shape index (κ2) is 5.90. The molecule has 0 spiro atoms. The average Bonchev–Trinajstić information content (AvgIpc) is 3.30. The first-order valence-electron chi connectivity index (χ1n) is 9.07. The third kappa shape index (κ3) is 2.62. The van der Waals surface area contributed by atoms with Gasteiger partial charge in [0.2, 0.25) is 0 Å². The maximum absolute atomic E-state index is 5.70. The first-order valence-corrected chi connectivity index (χ1v) is 9.07. The Morgan fingerprint density at radius 2 is 2.08 bits per heavy atom. The zero-order chi connectivity index (χ0) is 15.9. The fourth-order valence-corrected chi connectivity index (χ4v) is 4.36. The second-order valence-corrected chi connectivity index (χ2v) is 7.33. The number of nitrogens with one attached hydrogen (secondary N) is 1. The molecule has 0 saturated carbocycles. The SMILES string of the molecule is c1cc2c(cc1CN1CCC(N3Cc4cn[nH]c4C3)CC1)OCC2. The maximum Gasteiger partial charge on any atom is 0.122 e. The minimum Gasteiger partial charge on any atom is -0.493 e. The lowest BCUT2D eigenvalue weighted by Gasteiger charge is -2.36. The van der Waals surface area contributed by atoms with E-state index in [0.29, 0.717) is 6.04 Å². The Hall–Kier alpha value is -1.85. The maximum atomic E-state index is 5.70. The molecule has 3 aliphatic heterocycles. The summed E-state index contributed by atoms with van der Waals surface area (Å²) in [4.78, 5) is 5.20. The van der Waals surface area contributed by atoms with Gasteiger partial charge >= 0.3 is 0 Å². The molecule has 1 N–H and O–H groups in total. The van der Waals surface area contributed by atoms with Crippen LogP contribution in [0.2, 0.25) is 0 Å². The van der Waals surface area contributed by atoms with Gasteiger partial charge in [-0.1, -0.05) is 12.1 Å². The molecule has 24 heavy (non-hydrogen) atoms. The van der Waals surface area contributed by atoms with Crippen LogP contribution in [0.3, 0.4) is 0 Å². The van der Waals surface area contributed by atoms with E-state index in [9.17, 15) is 0 Å². The second-order valence-electron chi connectivity index (χ2n) is 7.33. The molecule has 5 rings (SSSR count). The predicted molar refractivity (Wildman–Crippen MR) is 91.8 cm³/mol. The van der Waals surface area contributed by atoms with Gasteiger partial charge in [0, 0.05) is 37.7 Å². The Kier molecular flexibility index (Phi) is 3.56. The van der Waals surface area contributed by atoms with Gasteiger partial charge in [-0.15, -0.1) is 0 Å². The van der Waals surface area contributed by atoms with Crippen LogP contribution in [-0.4, -0.2) is 45.7 Å². The molecule has 1 aromatic heterocycles. The highest BCUT2D eigenvalue weighted by Gasteiger charge is 2.30. The van der Waals surface area contributed by atoms with E-state index in [1.807, 2.05) is 6.20 Å². The van der Waals surface area contributed by atoms with Crippen molar-refractivity contribution in [1.29, 1.82) is 0 Å². The Morgan fingerprint density at radius 3 is 2.96 bits per heavy atom. The average molecular weight is 324 g/mol. The summed E-state index contributed by atoms with van der Waals surface area (Å²) in [6.45, 7) is 6.38. The molecule has 5 nitrogen and oxygen atoms in total. The largest absolute Gasteiger partial charge is 0.493 e. The molecular weight excluding hydrogens is 300 g/mol. The third-order valence-electron chi connectivity index (χ3n) is 5.78. The van der Waals surface area contributed by atoms with Crippen molar-refractivity contribution in [3.63, 3.8) is 0 Å². The predicted octanol–water partition coefficient (Wildman–Crippen LogP) is 2.32. The molecule has 0 aliphatic carbocycles.